The van der Waals surface area contributed by atoms with E-state index in [9.17, 15) is 34.4 Å². The molecule has 3 heterocycles. The van der Waals surface area contributed by atoms with E-state index < -0.39 is 72.0 Å². The van der Waals surface area contributed by atoms with E-state index in [0.717, 1.165) is 24.6 Å². The van der Waals surface area contributed by atoms with Crippen LogP contribution in [-0.4, -0.2) is 57.6 Å². The predicted octanol–water partition coefficient (Wildman–Crippen LogP) is 3.91. The molecule has 2 aromatic heterocycles. The fourth-order valence-corrected chi connectivity index (χ4v) is 4.96. The minimum Gasteiger partial charge on any atom is -0.399 e. The molecule has 16 heteroatoms. The van der Waals surface area contributed by atoms with E-state index in [2.05, 4.69) is 25.9 Å². The monoisotopic (exact) mass is 618 g/mol. The number of halogens is 5. The highest BCUT2D eigenvalue weighted by Gasteiger charge is 2.52. The van der Waals surface area contributed by atoms with Gasteiger partial charge in [-0.1, -0.05) is 0 Å². The average Bonchev–Trinajstić information content (AvgIpc) is 2.93. The summed E-state index contributed by atoms with van der Waals surface area (Å²) in [4.78, 5) is 7.14. The molecule has 0 unspecified atom stereocenters. The van der Waals surface area contributed by atoms with Crippen LogP contribution >= 0.6 is 15.9 Å². The average molecular weight is 619 g/mol. The lowest BCUT2D eigenvalue weighted by Crippen LogP contribution is -2.41. The molecule has 0 amide bonds. The lowest BCUT2D eigenvalue weighted by atomic mass is 9.80. The van der Waals surface area contributed by atoms with Gasteiger partial charge in [0.15, 0.2) is 29.7 Å². The normalized spacial score (nSPS) is 17.3. The van der Waals surface area contributed by atoms with Crippen molar-refractivity contribution < 1.29 is 43.7 Å². The predicted molar refractivity (Wildman–Crippen MR) is 128 cm³/mol. The zero-order chi connectivity index (χ0) is 27.9. The van der Waals surface area contributed by atoms with Gasteiger partial charge < -0.3 is 9.31 Å². The minimum atomic E-state index is -3.84. The number of aromatic nitrogens is 2. The van der Waals surface area contributed by atoms with E-state index >= 15 is 0 Å². The van der Waals surface area contributed by atoms with Crippen molar-refractivity contribution in [3.8, 4) is 0 Å². The van der Waals surface area contributed by atoms with E-state index in [-0.39, 0.29) is 5.46 Å². The summed E-state index contributed by atoms with van der Waals surface area (Å²) in [5.74, 6) is 0. The van der Waals surface area contributed by atoms with Gasteiger partial charge in [0.1, 0.15) is 0 Å². The molecule has 200 valence electrons. The maximum atomic E-state index is 13.1. The molecule has 3 rings (SSSR count). The van der Waals surface area contributed by atoms with Gasteiger partial charge in [-0.15, -0.1) is 0 Å². The van der Waals surface area contributed by atoms with Crippen LogP contribution in [0.4, 0.5) is 17.6 Å². The van der Waals surface area contributed by atoms with E-state index in [4.69, 9.17) is 9.31 Å². The summed E-state index contributed by atoms with van der Waals surface area (Å²) in [6.07, 6.45) is -1.76. The summed E-state index contributed by atoms with van der Waals surface area (Å²) in [6.45, 7) is 7.33. The van der Waals surface area contributed by atoms with Crippen LogP contribution in [-0.2, 0) is 29.0 Å². The number of hydrogen-bond donors (Lipinski definition) is 0. The summed E-state index contributed by atoms with van der Waals surface area (Å²) < 4.78 is 108. The molecule has 2 aromatic rings. The fraction of sp³-hybridized carbons (Fsp3) is 0.500. The fourth-order valence-electron chi connectivity index (χ4n) is 2.97. The zero-order valence-electron chi connectivity index (χ0n) is 20.1. The highest BCUT2D eigenvalue weighted by atomic mass is 79.9. The Morgan fingerprint density at radius 1 is 0.806 bits per heavy atom. The molecule has 1 fully saturated rings. The van der Waals surface area contributed by atoms with Crippen LogP contribution in [0, 0.1) is 0 Å². The Bertz CT molecular complexity index is 1330. The molecule has 0 aliphatic carbocycles. The van der Waals surface area contributed by atoms with Crippen LogP contribution in [0.2, 0.25) is 0 Å². The van der Waals surface area contributed by atoms with Crippen molar-refractivity contribution >= 4 is 48.2 Å². The molecule has 0 radical (unpaired) electrons. The van der Waals surface area contributed by atoms with Crippen LogP contribution < -0.4 is 5.46 Å². The Balaban J connectivity index is 0.000000281. The van der Waals surface area contributed by atoms with E-state index in [1.807, 2.05) is 27.7 Å². The number of hydrogen-bond acceptors (Lipinski definition) is 8. The summed E-state index contributed by atoms with van der Waals surface area (Å²) in [6, 6.07) is 2.13. The van der Waals surface area contributed by atoms with Gasteiger partial charge in [-0.05, 0) is 55.8 Å². The van der Waals surface area contributed by atoms with Gasteiger partial charge in [-0.3, -0.25) is 0 Å². The van der Waals surface area contributed by atoms with Crippen LogP contribution in [0.5, 0.6) is 0 Å². The number of nitrogens with zero attached hydrogens (tertiary/aromatic N) is 2. The molecule has 36 heavy (non-hydrogen) atoms. The van der Waals surface area contributed by atoms with Crippen LogP contribution in [0.1, 0.15) is 51.7 Å². The van der Waals surface area contributed by atoms with Crippen molar-refractivity contribution in [2.45, 2.75) is 61.8 Å². The molecule has 1 aliphatic heterocycles. The standard InChI is InChI=1S/C13H18BF2NO4S.C7H6BrF2NO2S/c1-12(2)13(3,4)21-14(20-12)8-6-9(10(15)16)11(17-7-8)22(5,18)19;1-14(12,13)7-5(6(9)10)2-4(8)3-11-7/h6-7,10H,1-5H3;2-3,6H,1H3. The zero-order valence-corrected chi connectivity index (χ0v) is 23.3. The Morgan fingerprint density at radius 3 is 1.58 bits per heavy atom. The Hall–Kier alpha value is -1.62. The van der Waals surface area contributed by atoms with E-state index in [1.54, 1.807) is 0 Å². The third kappa shape index (κ3) is 7.03. The number of rotatable bonds is 5. The Kier molecular flexibility index (Phi) is 9.04. The first-order valence-corrected chi connectivity index (χ1v) is 14.7. The quantitative estimate of drug-likeness (QED) is 0.366. The molecular formula is C20H24BBrF4N2O6S2. The third-order valence-corrected chi connectivity index (χ3v) is 7.96. The van der Waals surface area contributed by atoms with Gasteiger partial charge >= 0.3 is 7.12 Å². The van der Waals surface area contributed by atoms with E-state index in [0.29, 0.717) is 4.47 Å². The van der Waals surface area contributed by atoms with Crippen LogP contribution in [0.3, 0.4) is 0 Å². The molecular weight excluding hydrogens is 595 g/mol. The summed E-state index contributed by atoms with van der Waals surface area (Å²) >= 11 is 2.94. The summed E-state index contributed by atoms with van der Waals surface area (Å²) in [7, 11) is -8.42. The first-order valence-electron chi connectivity index (χ1n) is 10.1. The lowest BCUT2D eigenvalue weighted by molar-refractivity contribution is 0.00578. The van der Waals surface area contributed by atoms with Gasteiger partial charge in [0.2, 0.25) is 0 Å². The molecule has 0 aromatic carbocycles. The van der Waals surface area contributed by atoms with E-state index in [1.165, 1.54) is 12.4 Å². The van der Waals surface area contributed by atoms with Crippen molar-refractivity contribution in [1.29, 1.82) is 0 Å². The maximum absolute atomic E-state index is 13.1. The van der Waals surface area contributed by atoms with Crippen molar-refractivity contribution in [2.24, 2.45) is 0 Å². The first kappa shape index (κ1) is 30.6. The van der Waals surface area contributed by atoms with Gasteiger partial charge in [-0.25, -0.2) is 44.4 Å². The smallest absolute Gasteiger partial charge is 0.399 e. The lowest BCUT2D eigenvalue weighted by Gasteiger charge is -2.32. The van der Waals surface area contributed by atoms with Crippen molar-refractivity contribution in [3.63, 3.8) is 0 Å². The van der Waals surface area contributed by atoms with Crippen LogP contribution in [0.15, 0.2) is 39.1 Å². The second-order valence-corrected chi connectivity index (χ2v) is 13.7. The SMILES string of the molecule is CC1(C)OB(c2cnc(S(C)(=O)=O)c(C(F)F)c2)OC1(C)C.CS(=O)(=O)c1ncc(Br)cc1C(F)F. The Morgan fingerprint density at radius 2 is 1.19 bits per heavy atom. The highest BCUT2D eigenvalue weighted by molar-refractivity contribution is 9.10. The molecule has 1 aliphatic rings. The number of alkyl halides is 4. The molecule has 0 atom stereocenters. The Labute approximate surface area is 215 Å². The molecule has 0 bridgehead atoms. The van der Waals surface area contributed by atoms with Gasteiger partial charge in [0, 0.05) is 34.8 Å². The molecule has 8 nitrogen and oxygen atoms in total. The summed E-state index contributed by atoms with van der Waals surface area (Å²) in [5.41, 5.74) is -2.21. The number of sulfone groups is 2. The molecule has 0 spiro atoms. The molecule has 0 saturated carbocycles. The van der Waals surface area contributed by atoms with Crippen molar-refractivity contribution in [3.05, 3.63) is 40.1 Å². The van der Waals surface area contributed by atoms with Crippen molar-refractivity contribution in [2.75, 3.05) is 12.5 Å². The minimum absolute atomic E-state index is 0.265. The second-order valence-electron chi connectivity index (χ2n) is 8.94. The molecule has 1 saturated heterocycles. The first-order chi connectivity index (χ1) is 16.2. The van der Waals surface area contributed by atoms with Gasteiger partial charge in [0.25, 0.3) is 12.9 Å². The van der Waals surface area contributed by atoms with Crippen LogP contribution in [0.25, 0.3) is 0 Å². The third-order valence-electron chi connectivity index (χ3n) is 5.44. The van der Waals surface area contributed by atoms with Gasteiger partial charge in [0.05, 0.1) is 22.3 Å². The van der Waals surface area contributed by atoms with Crippen molar-refractivity contribution in [1.82, 2.24) is 9.97 Å². The second kappa shape index (κ2) is 10.6. The van der Waals surface area contributed by atoms with Gasteiger partial charge in [-0.2, -0.15) is 0 Å². The highest BCUT2D eigenvalue weighted by Crippen LogP contribution is 2.37. The summed E-state index contributed by atoms with van der Waals surface area (Å²) in [5, 5.41) is -1.20. The topological polar surface area (TPSA) is 113 Å². The largest absolute Gasteiger partial charge is 0.496 e. The maximum Gasteiger partial charge on any atom is 0.496 e. The molecule has 0 N–H and O–H groups in total. The number of pyridine rings is 2.